The Morgan fingerprint density at radius 3 is 1.54 bits per heavy atom. The van der Waals surface area contributed by atoms with E-state index in [-0.39, 0.29) is 16.5 Å². The molecule has 3 aliphatic rings. The number of hydrogen-bond acceptors (Lipinski definition) is 2. The Hall–Kier alpha value is -1.64. The van der Waals surface area contributed by atoms with Gasteiger partial charge < -0.3 is 0 Å². The Balaban J connectivity index is 1.78. The van der Waals surface area contributed by atoms with Gasteiger partial charge in [0.2, 0.25) is 0 Å². The molecule has 0 amide bonds. The first-order valence-corrected chi connectivity index (χ1v) is 9.30. The lowest BCUT2D eigenvalue weighted by Crippen LogP contribution is -2.56. The molecule has 124 valence electrons. The van der Waals surface area contributed by atoms with E-state index in [2.05, 4.69) is 85.4 Å². The van der Waals surface area contributed by atoms with Gasteiger partial charge in [0, 0.05) is 5.41 Å². The second-order valence-corrected chi connectivity index (χ2v) is 8.37. The molecule has 1 heterocycles. The number of fused-ring (bicyclic) bond motifs is 5. The van der Waals surface area contributed by atoms with E-state index in [1.165, 1.54) is 30.4 Å². The summed E-state index contributed by atoms with van der Waals surface area (Å²) >= 11 is 0. The van der Waals surface area contributed by atoms with Gasteiger partial charge in [-0.2, -0.15) is 0 Å². The first-order chi connectivity index (χ1) is 11.6. The van der Waals surface area contributed by atoms with E-state index in [1.54, 1.807) is 0 Å². The summed E-state index contributed by atoms with van der Waals surface area (Å²) in [4.78, 5) is 0. The lowest BCUT2D eigenvalue weighted by atomic mass is 9.61. The molecule has 2 aliphatic carbocycles. The Bertz CT molecular complexity index is 691. The van der Waals surface area contributed by atoms with Gasteiger partial charge in [0.15, 0.2) is 0 Å². The van der Waals surface area contributed by atoms with Crippen LogP contribution in [-0.2, 0) is 11.1 Å². The third-order valence-electron chi connectivity index (χ3n) is 7.52. The van der Waals surface area contributed by atoms with Gasteiger partial charge in [0.05, 0.1) is 11.1 Å². The highest BCUT2D eigenvalue weighted by Gasteiger charge is 2.77. The van der Waals surface area contributed by atoms with Crippen LogP contribution in [0.2, 0.25) is 0 Å². The zero-order valence-corrected chi connectivity index (χ0v) is 14.5. The number of hydrazine groups is 1. The minimum Gasteiger partial charge on any atom is -0.245 e. The normalized spacial score (nSPS) is 39.1. The van der Waals surface area contributed by atoms with Crippen LogP contribution >= 0.6 is 0 Å². The first kappa shape index (κ1) is 14.7. The monoisotopic (exact) mass is 318 g/mol. The van der Waals surface area contributed by atoms with Crippen LogP contribution in [0.15, 0.2) is 60.7 Å². The van der Waals surface area contributed by atoms with Crippen molar-refractivity contribution in [2.45, 2.75) is 44.2 Å². The van der Waals surface area contributed by atoms with Gasteiger partial charge in [-0.15, -0.1) is 0 Å². The van der Waals surface area contributed by atoms with Gasteiger partial charge in [-0.25, -0.2) is 10.9 Å². The minimum absolute atomic E-state index is 0.00523. The van der Waals surface area contributed by atoms with Crippen LogP contribution in [0.3, 0.4) is 0 Å². The Morgan fingerprint density at radius 2 is 1.12 bits per heavy atom. The van der Waals surface area contributed by atoms with Crippen LogP contribution in [0.25, 0.3) is 0 Å². The molecule has 2 saturated carbocycles. The first-order valence-electron chi connectivity index (χ1n) is 9.30. The van der Waals surface area contributed by atoms with Crippen LogP contribution < -0.4 is 10.9 Å². The Labute approximate surface area is 144 Å². The Kier molecular flexibility index (Phi) is 2.88. The maximum atomic E-state index is 3.84. The van der Waals surface area contributed by atoms with Crippen LogP contribution in [0.5, 0.6) is 0 Å². The molecule has 2 unspecified atom stereocenters. The predicted molar refractivity (Wildman–Crippen MR) is 97.1 cm³/mol. The molecule has 1 saturated heterocycles. The van der Waals surface area contributed by atoms with E-state index in [0.29, 0.717) is 11.8 Å². The number of benzene rings is 2. The van der Waals surface area contributed by atoms with Crippen molar-refractivity contribution >= 4 is 0 Å². The van der Waals surface area contributed by atoms with E-state index in [9.17, 15) is 0 Å². The van der Waals surface area contributed by atoms with Crippen molar-refractivity contribution in [3.63, 3.8) is 0 Å². The van der Waals surface area contributed by atoms with E-state index in [0.717, 1.165) is 0 Å². The van der Waals surface area contributed by atoms with Gasteiger partial charge in [0.1, 0.15) is 0 Å². The fourth-order valence-electron chi connectivity index (χ4n) is 6.63. The molecule has 2 aromatic carbocycles. The molecular formula is C22H26N2. The molecule has 0 spiro atoms. The van der Waals surface area contributed by atoms with E-state index in [1.807, 2.05) is 0 Å². The molecule has 3 fully saturated rings. The van der Waals surface area contributed by atoms with Crippen LogP contribution in [-0.4, -0.2) is 0 Å². The lowest BCUT2D eigenvalue weighted by molar-refractivity contribution is 0.135. The highest BCUT2D eigenvalue weighted by molar-refractivity contribution is 5.45. The maximum Gasteiger partial charge on any atom is 0.0676 e. The summed E-state index contributed by atoms with van der Waals surface area (Å²) in [5.41, 5.74) is 10.7. The highest BCUT2D eigenvalue weighted by Crippen LogP contribution is 2.73. The van der Waals surface area contributed by atoms with Crippen molar-refractivity contribution in [3.05, 3.63) is 71.8 Å². The number of rotatable bonds is 2. The quantitative estimate of drug-likeness (QED) is 0.860. The summed E-state index contributed by atoms with van der Waals surface area (Å²) in [6.45, 7) is 4.94. The molecule has 2 heteroatoms. The summed E-state index contributed by atoms with van der Waals surface area (Å²) in [5.74, 6) is 1.38. The maximum absolute atomic E-state index is 3.84. The van der Waals surface area contributed by atoms with Gasteiger partial charge in [0.25, 0.3) is 0 Å². The zero-order chi connectivity index (χ0) is 16.4. The molecule has 5 rings (SSSR count). The van der Waals surface area contributed by atoms with Crippen molar-refractivity contribution in [2.75, 3.05) is 0 Å². The van der Waals surface area contributed by atoms with Crippen LogP contribution in [0, 0.1) is 17.3 Å². The molecule has 2 bridgehead atoms. The average molecular weight is 318 g/mol. The number of nitrogens with one attached hydrogen (secondary N) is 2. The van der Waals surface area contributed by atoms with Crippen molar-refractivity contribution in [1.82, 2.24) is 10.9 Å². The predicted octanol–water partition coefficient (Wildman–Crippen LogP) is 4.34. The minimum atomic E-state index is 0.00523. The van der Waals surface area contributed by atoms with E-state index >= 15 is 0 Å². The van der Waals surface area contributed by atoms with Gasteiger partial charge >= 0.3 is 0 Å². The smallest absolute Gasteiger partial charge is 0.0676 e. The zero-order valence-electron chi connectivity index (χ0n) is 14.5. The molecule has 4 atom stereocenters. The van der Waals surface area contributed by atoms with Gasteiger partial charge in [-0.05, 0) is 35.8 Å². The second kappa shape index (κ2) is 4.71. The molecule has 2 N–H and O–H groups in total. The molecule has 24 heavy (non-hydrogen) atoms. The summed E-state index contributed by atoms with van der Waals surface area (Å²) in [7, 11) is 0. The molecule has 2 nitrogen and oxygen atoms in total. The molecular weight excluding hydrogens is 292 g/mol. The van der Waals surface area contributed by atoms with Crippen LogP contribution in [0.4, 0.5) is 0 Å². The summed E-state index contributed by atoms with van der Waals surface area (Å²) in [6, 6.07) is 22.3. The Morgan fingerprint density at radius 1 is 0.708 bits per heavy atom. The van der Waals surface area contributed by atoms with Crippen molar-refractivity contribution in [2.24, 2.45) is 17.3 Å². The third-order valence-corrected chi connectivity index (χ3v) is 7.52. The van der Waals surface area contributed by atoms with Crippen LogP contribution in [0.1, 0.15) is 44.2 Å². The molecule has 2 aromatic rings. The average Bonchev–Trinajstić information content (AvgIpc) is 3.24. The SMILES string of the molecule is CC1(C)C2(c3ccccc3)NNC1(c1ccccc1)[C@H]1CCC[C@H]12. The standard InChI is InChI=1S/C22H26N2/c1-20(2)21(16-10-5-3-6-11-16)18-14-9-15-19(18)22(20,24-23-21)17-12-7-4-8-13-17/h3-8,10-13,18-19,23-24H,9,14-15H2,1-2H3/t18-,19+,21?,22?. The largest absolute Gasteiger partial charge is 0.245 e. The lowest BCUT2D eigenvalue weighted by Gasteiger charge is -2.43. The van der Waals surface area contributed by atoms with Crippen molar-refractivity contribution < 1.29 is 0 Å². The third kappa shape index (κ3) is 1.42. The fraction of sp³-hybridized carbons (Fsp3) is 0.455. The molecule has 0 aromatic heterocycles. The highest BCUT2D eigenvalue weighted by atomic mass is 15.5. The van der Waals surface area contributed by atoms with Crippen molar-refractivity contribution in [3.8, 4) is 0 Å². The van der Waals surface area contributed by atoms with E-state index in [4.69, 9.17) is 0 Å². The van der Waals surface area contributed by atoms with E-state index < -0.39 is 0 Å². The number of hydrogen-bond donors (Lipinski definition) is 2. The van der Waals surface area contributed by atoms with Gasteiger partial charge in [-0.3, -0.25) is 0 Å². The molecule has 1 aliphatic heterocycles. The topological polar surface area (TPSA) is 24.1 Å². The summed E-state index contributed by atoms with van der Waals surface area (Å²) in [6.07, 6.45) is 4.00. The fourth-order valence-corrected chi connectivity index (χ4v) is 6.63. The summed E-state index contributed by atoms with van der Waals surface area (Å²) < 4.78 is 0. The molecule has 0 radical (unpaired) electrons. The summed E-state index contributed by atoms with van der Waals surface area (Å²) in [5, 5.41) is 0. The second-order valence-electron chi connectivity index (χ2n) is 8.37. The van der Waals surface area contributed by atoms with Gasteiger partial charge in [-0.1, -0.05) is 80.9 Å². The van der Waals surface area contributed by atoms with Crippen molar-refractivity contribution in [1.29, 1.82) is 0 Å².